The van der Waals surface area contributed by atoms with E-state index in [1.54, 1.807) is 7.05 Å². The number of pyridine rings is 1. The highest BCUT2D eigenvalue weighted by molar-refractivity contribution is 5.81. The lowest BCUT2D eigenvalue weighted by Crippen LogP contribution is -2.60. The fourth-order valence-electron chi connectivity index (χ4n) is 2.76. The van der Waals surface area contributed by atoms with Crippen molar-refractivity contribution in [3.63, 3.8) is 0 Å². The molecule has 1 amide bonds. The summed E-state index contributed by atoms with van der Waals surface area (Å²) in [5.41, 5.74) is 1.24. The van der Waals surface area contributed by atoms with E-state index >= 15 is 0 Å². The summed E-state index contributed by atoms with van der Waals surface area (Å²) in [5, 5.41) is 2.79. The molecule has 2 heterocycles. The fraction of sp³-hybridized carbons (Fsp3) is 0.600. The zero-order valence-corrected chi connectivity index (χ0v) is 12.5. The minimum atomic E-state index is -0.0596. The molecule has 0 saturated carbocycles. The number of likely N-dealkylation sites (N-methyl/N-ethyl adjacent to an activating group) is 1. The summed E-state index contributed by atoms with van der Waals surface area (Å²) in [5.74, 6) is 0.109. The molecule has 1 aromatic heterocycles. The third-order valence-corrected chi connectivity index (χ3v) is 3.87. The smallest absolute Gasteiger partial charge is 0.238 e. The van der Waals surface area contributed by atoms with Crippen molar-refractivity contribution in [1.82, 2.24) is 20.1 Å². The normalized spacial score (nSPS) is 21.1. The zero-order valence-electron chi connectivity index (χ0n) is 12.5. The second-order valence-electron chi connectivity index (χ2n) is 5.55. The number of carbonyl (C=O) groups is 1. The van der Waals surface area contributed by atoms with Crippen LogP contribution in [0.5, 0.6) is 0 Å². The van der Waals surface area contributed by atoms with Crippen LogP contribution < -0.4 is 5.32 Å². The molecule has 5 nitrogen and oxygen atoms in total. The highest BCUT2D eigenvalue weighted by atomic mass is 16.2. The van der Waals surface area contributed by atoms with Gasteiger partial charge in [0.05, 0.1) is 0 Å². The SMILES string of the molecule is CNC(=O)[C@@H]1CN(Cc2ccncc2)CCN1C(C)C. The zero-order chi connectivity index (χ0) is 14.5. The summed E-state index contributed by atoms with van der Waals surface area (Å²) in [4.78, 5) is 20.8. The number of hydrogen-bond acceptors (Lipinski definition) is 4. The summed E-state index contributed by atoms with van der Waals surface area (Å²) >= 11 is 0. The van der Waals surface area contributed by atoms with E-state index < -0.39 is 0 Å². The average molecular weight is 276 g/mol. The molecule has 2 rings (SSSR count). The molecule has 1 fully saturated rings. The van der Waals surface area contributed by atoms with Gasteiger partial charge in [0, 0.05) is 51.7 Å². The Labute approximate surface area is 121 Å². The molecule has 5 heteroatoms. The van der Waals surface area contributed by atoms with Crippen LogP contribution in [-0.2, 0) is 11.3 Å². The van der Waals surface area contributed by atoms with E-state index in [1.165, 1.54) is 5.56 Å². The van der Waals surface area contributed by atoms with Crippen molar-refractivity contribution in [2.45, 2.75) is 32.5 Å². The Morgan fingerprint density at radius 2 is 2.10 bits per heavy atom. The van der Waals surface area contributed by atoms with Gasteiger partial charge in [0.2, 0.25) is 5.91 Å². The van der Waals surface area contributed by atoms with Crippen molar-refractivity contribution >= 4 is 5.91 Å². The van der Waals surface area contributed by atoms with Gasteiger partial charge in [-0.1, -0.05) is 0 Å². The number of amides is 1. The minimum absolute atomic E-state index is 0.0596. The topological polar surface area (TPSA) is 48.5 Å². The van der Waals surface area contributed by atoms with Crippen molar-refractivity contribution in [3.05, 3.63) is 30.1 Å². The Hall–Kier alpha value is -1.46. The monoisotopic (exact) mass is 276 g/mol. The summed E-state index contributed by atoms with van der Waals surface area (Å²) in [6.07, 6.45) is 3.63. The maximum atomic E-state index is 12.1. The van der Waals surface area contributed by atoms with Gasteiger partial charge in [0.1, 0.15) is 6.04 Å². The van der Waals surface area contributed by atoms with Crippen LogP contribution in [0.1, 0.15) is 19.4 Å². The number of rotatable bonds is 4. The average Bonchev–Trinajstić information content (AvgIpc) is 2.47. The van der Waals surface area contributed by atoms with Crippen molar-refractivity contribution in [3.8, 4) is 0 Å². The number of carbonyl (C=O) groups excluding carboxylic acids is 1. The van der Waals surface area contributed by atoms with Crippen LogP contribution in [0.4, 0.5) is 0 Å². The summed E-state index contributed by atoms with van der Waals surface area (Å²) in [7, 11) is 1.71. The van der Waals surface area contributed by atoms with E-state index in [2.05, 4.69) is 33.9 Å². The Kier molecular flexibility index (Phi) is 5.09. The Morgan fingerprint density at radius 3 is 2.70 bits per heavy atom. The lowest BCUT2D eigenvalue weighted by Gasteiger charge is -2.42. The highest BCUT2D eigenvalue weighted by Crippen LogP contribution is 2.15. The Morgan fingerprint density at radius 1 is 1.40 bits per heavy atom. The molecule has 0 unspecified atom stereocenters. The lowest BCUT2D eigenvalue weighted by atomic mass is 10.1. The molecule has 20 heavy (non-hydrogen) atoms. The Balaban J connectivity index is 2.03. The molecule has 1 N–H and O–H groups in total. The molecule has 0 aliphatic carbocycles. The first-order valence-electron chi connectivity index (χ1n) is 7.20. The van der Waals surface area contributed by atoms with E-state index in [-0.39, 0.29) is 11.9 Å². The second kappa shape index (κ2) is 6.81. The molecule has 0 spiro atoms. The van der Waals surface area contributed by atoms with Crippen LogP contribution in [0.15, 0.2) is 24.5 Å². The van der Waals surface area contributed by atoms with Gasteiger partial charge < -0.3 is 5.32 Å². The molecule has 0 aromatic carbocycles. The molecule has 0 bridgehead atoms. The van der Waals surface area contributed by atoms with Gasteiger partial charge in [0.15, 0.2) is 0 Å². The van der Waals surface area contributed by atoms with Gasteiger partial charge in [-0.15, -0.1) is 0 Å². The van der Waals surface area contributed by atoms with Crippen LogP contribution in [0, 0.1) is 0 Å². The minimum Gasteiger partial charge on any atom is -0.358 e. The van der Waals surface area contributed by atoms with Crippen LogP contribution in [0.25, 0.3) is 0 Å². The number of hydrogen-bond donors (Lipinski definition) is 1. The quantitative estimate of drug-likeness (QED) is 0.880. The largest absolute Gasteiger partial charge is 0.358 e. The molecule has 0 radical (unpaired) electrons. The summed E-state index contributed by atoms with van der Waals surface area (Å²) in [6, 6.07) is 4.39. The third-order valence-electron chi connectivity index (χ3n) is 3.87. The second-order valence-corrected chi connectivity index (χ2v) is 5.55. The highest BCUT2D eigenvalue weighted by Gasteiger charge is 2.33. The predicted molar refractivity (Wildman–Crippen MR) is 79.2 cm³/mol. The number of piperazine rings is 1. The molecular formula is C15H24N4O. The first kappa shape index (κ1) is 14.9. The van der Waals surface area contributed by atoms with Crippen LogP contribution in [-0.4, -0.2) is 59.5 Å². The van der Waals surface area contributed by atoms with Crippen molar-refractivity contribution in [1.29, 1.82) is 0 Å². The summed E-state index contributed by atoms with van der Waals surface area (Å²) in [6.45, 7) is 7.87. The van der Waals surface area contributed by atoms with Gasteiger partial charge >= 0.3 is 0 Å². The van der Waals surface area contributed by atoms with E-state index in [1.807, 2.05) is 24.5 Å². The van der Waals surface area contributed by atoms with E-state index in [4.69, 9.17) is 0 Å². The maximum Gasteiger partial charge on any atom is 0.238 e. The molecule has 1 aliphatic rings. The predicted octanol–water partition coefficient (Wildman–Crippen LogP) is 0.722. The third kappa shape index (κ3) is 3.55. The molecule has 1 aliphatic heterocycles. The van der Waals surface area contributed by atoms with Gasteiger partial charge in [-0.3, -0.25) is 19.6 Å². The van der Waals surface area contributed by atoms with Crippen molar-refractivity contribution in [2.75, 3.05) is 26.7 Å². The number of nitrogens with zero attached hydrogens (tertiary/aromatic N) is 3. The van der Waals surface area contributed by atoms with Crippen molar-refractivity contribution < 1.29 is 4.79 Å². The van der Waals surface area contributed by atoms with E-state index in [0.29, 0.717) is 6.04 Å². The van der Waals surface area contributed by atoms with Crippen LogP contribution in [0.3, 0.4) is 0 Å². The molecule has 1 saturated heterocycles. The first-order valence-corrected chi connectivity index (χ1v) is 7.20. The van der Waals surface area contributed by atoms with Gasteiger partial charge in [-0.2, -0.15) is 0 Å². The first-order chi connectivity index (χ1) is 9.61. The molecule has 1 atom stereocenters. The van der Waals surface area contributed by atoms with Crippen LogP contribution in [0.2, 0.25) is 0 Å². The number of nitrogens with one attached hydrogen (secondary N) is 1. The molecule has 1 aromatic rings. The standard InChI is InChI=1S/C15H24N4O/c1-12(2)19-9-8-18(11-14(19)15(20)16-3)10-13-4-6-17-7-5-13/h4-7,12,14H,8-11H2,1-3H3,(H,16,20)/t14-/m0/s1. The van der Waals surface area contributed by atoms with Gasteiger partial charge in [-0.25, -0.2) is 0 Å². The summed E-state index contributed by atoms with van der Waals surface area (Å²) < 4.78 is 0. The van der Waals surface area contributed by atoms with E-state index in [9.17, 15) is 4.79 Å². The molecule has 110 valence electrons. The van der Waals surface area contributed by atoms with Crippen LogP contribution >= 0.6 is 0 Å². The lowest BCUT2D eigenvalue weighted by molar-refractivity contribution is -0.129. The van der Waals surface area contributed by atoms with E-state index in [0.717, 1.165) is 26.2 Å². The fourth-order valence-corrected chi connectivity index (χ4v) is 2.76. The maximum absolute atomic E-state index is 12.1. The Bertz CT molecular complexity index is 435. The number of aromatic nitrogens is 1. The van der Waals surface area contributed by atoms with Crippen molar-refractivity contribution in [2.24, 2.45) is 0 Å². The van der Waals surface area contributed by atoms with Gasteiger partial charge in [-0.05, 0) is 31.5 Å². The molecular weight excluding hydrogens is 252 g/mol. The van der Waals surface area contributed by atoms with Gasteiger partial charge in [0.25, 0.3) is 0 Å².